The number of anilines is 1. The van der Waals surface area contributed by atoms with Gasteiger partial charge in [-0.15, -0.1) is 0 Å². The first kappa shape index (κ1) is 28.2. The summed E-state index contributed by atoms with van der Waals surface area (Å²) in [6, 6.07) is 7.12. The van der Waals surface area contributed by atoms with Crippen LogP contribution in [0.2, 0.25) is 5.02 Å². The highest BCUT2D eigenvalue weighted by Crippen LogP contribution is 2.32. The number of halogens is 2. The highest BCUT2D eigenvalue weighted by molar-refractivity contribution is 6.33. The average molecular weight is 558 g/mol. The molecule has 0 saturated carbocycles. The zero-order valence-electron chi connectivity index (χ0n) is 21.6. The Morgan fingerprint density at radius 2 is 1.97 bits per heavy atom. The van der Waals surface area contributed by atoms with Crippen LogP contribution in [-0.4, -0.2) is 69.3 Å². The Hall–Kier alpha value is -3.80. The van der Waals surface area contributed by atoms with Crippen LogP contribution in [0.5, 0.6) is 5.75 Å². The van der Waals surface area contributed by atoms with Crippen LogP contribution in [-0.2, 0) is 11.3 Å². The van der Waals surface area contributed by atoms with Crippen molar-refractivity contribution in [1.29, 1.82) is 0 Å². The van der Waals surface area contributed by atoms with Crippen LogP contribution in [0.25, 0.3) is 11.3 Å². The number of aliphatic hydroxyl groups is 2. The van der Waals surface area contributed by atoms with E-state index in [4.69, 9.17) is 16.3 Å². The number of methoxy groups -OCH3 is 1. The van der Waals surface area contributed by atoms with E-state index in [0.29, 0.717) is 22.4 Å². The first-order valence-electron chi connectivity index (χ1n) is 12.2. The monoisotopic (exact) mass is 557 g/mol. The second kappa shape index (κ2) is 11.9. The summed E-state index contributed by atoms with van der Waals surface area (Å²) < 4.78 is 19.0. The summed E-state index contributed by atoms with van der Waals surface area (Å²) in [5.41, 5.74) is 2.48. The number of fused-ring (bicyclic) bond motifs is 1. The van der Waals surface area contributed by atoms with Gasteiger partial charge < -0.3 is 30.5 Å². The van der Waals surface area contributed by atoms with E-state index in [2.05, 4.69) is 20.6 Å². The van der Waals surface area contributed by atoms with Gasteiger partial charge in [0.1, 0.15) is 17.6 Å². The van der Waals surface area contributed by atoms with Gasteiger partial charge in [0.25, 0.3) is 5.91 Å². The summed E-state index contributed by atoms with van der Waals surface area (Å²) in [6.07, 6.45) is 1.44. The Morgan fingerprint density at radius 3 is 2.67 bits per heavy atom. The molecule has 0 radical (unpaired) electrons. The van der Waals surface area contributed by atoms with Crippen molar-refractivity contribution in [1.82, 2.24) is 20.2 Å². The zero-order valence-corrected chi connectivity index (χ0v) is 22.4. The van der Waals surface area contributed by atoms with Crippen LogP contribution < -0.4 is 15.4 Å². The lowest BCUT2D eigenvalue weighted by atomic mass is 10.0. The lowest BCUT2D eigenvalue weighted by Gasteiger charge is -2.26. The molecule has 2 heterocycles. The number of rotatable bonds is 10. The van der Waals surface area contributed by atoms with E-state index < -0.39 is 30.4 Å². The van der Waals surface area contributed by atoms with Gasteiger partial charge in [0.05, 0.1) is 43.3 Å². The molecule has 3 atom stereocenters. The Labute approximate surface area is 229 Å². The maximum atomic E-state index is 14.0. The lowest BCUT2D eigenvalue weighted by Crippen LogP contribution is -2.46. The minimum absolute atomic E-state index is 0.105. The number of aromatic nitrogens is 2. The van der Waals surface area contributed by atoms with E-state index in [1.807, 2.05) is 0 Å². The summed E-state index contributed by atoms with van der Waals surface area (Å²) in [6.45, 7) is 2.98. The number of hydrogen-bond acceptors (Lipinski definition) is 8. The summed E-state index contributed by atoms with van der Waals surface area (Å²) in [4.78, 5) is 36.4. The third-order valence-corrected chi connectivity index (χ3v) is 6.76. The van der Waals surface area contributed by atoms with Crippen molar-refractivity contribution in [3.05, 3.63) is 70.1 Å². The fraction of sp³-hybridized carbons (Fsp3) is 0.333. The van der Waals surface area contributed by atoms with Gasteiger partial charge in [-0.2, -0.15) is 0 Å². The summed E-state index contributed by atoms with van der Waals surface area (Å²) in [5.74, 6) is -0.892. The van der Waals surface area contributed by atoms with E-state index in [9.17, 15) is 24.2 Å². The number of amides is 2. The first-order valence-corrected chi connectivity index (χ1v) is 12.6. The Balaban J connectivity index is 1.52. The third-order valence-electron chi connectivity index (χ3n) is 6.49. The van der Waals surface area contributed by atoms with Crippen molar-refractivity contribution in [3.63, 3.8) is 0 Å². The number of carbonyl (C=O) groups is 2. The van der Waals surface area contributed by atoms with E-state index in [1.165, 1.54) is 36.4 Å². The molecule has 3 aromatic rings. The van der Waals surface area contributed by atoms with Crippen LogP contribution in [0.1, 0.15) is 41.4 Å². The first-order chi connectivity index (χ1) is 18.6. The van der Waals surface area contributed by atoms with E-state index >= 15 is 0 Å². The lowest BCUT2D eigenvalue weighted by molar-refractivity contribution is -0.126. The number of ether oxygens (including phenoxy) is 1. The molecular formula is C27H29ClFN5O5. The molecule has 12 heteroatoms. The highest BCUT2D eigenvalue weighted by atomic mass is 35.5. The Bertz CT molecular complexity index is 1390. The summed E-state index contributed by atoms with van der Waals surface area (Å²) in [7, 11) is 1.39. The number of nitrogens with zero attached hydrogens (tertiary/aromatic N) is 3. The van der Waals surface area contributed by atoms with Crippen molar-refractivity contribution in [2.24, 2.45) is 0 Å². The number of hydrogen-bond donors (Lipinski definition) is 4. The van der Waals surface area contributed by atoms with Crippen LogP contribution in [0, 0.1) is 5.82 Å². The topological polar surface area (TPSA) is 137 Å². The molecule has 206 valence electrons. The normalized spacial score (nSPS) is 14.9. The molecule has 1 aliphatic rings. The largest absolute Gasteiger partial charge is 0.497 e. The molecule has 0 aliphatic carbocycles. The standard InChI is InChI=1S/C27H29ClFN5O5/c1-14(12-35)31-27-30-10-22(28)24(33-27)16-4-5-17-11-34(26(38)21(17)8-16)15(2)25(37)32-23(13-36)18-6-19(29)9-20(7-18)39-3/h4-10,14-15,23,35-36H,11-13H2,1-3H3,(H,32,37)(H,30,31,33)/t14-,15+,23+/m0/s1. The molecule has 4 rings (SSSR count). The zero-order chi connectivity index (χ0) is 28.3. The van der Waals surface area contributed by atoms with Gasteiger partial charge >= 0.3 is 0 Å². The van der Waals surface area contributed by atoms with Crippen molar-refractivity contribution in [2.75, 3.05) is 25.6 Å². The Morgan fingerprint density at radius 1 is 1.21 bits per heavy atom. The minimum Gasteiger partial charge on any atom is -0.497 e. The van der Waals surface area contributed by atoms with Crippen LogP contribution in [0.3, 0.4) is 0 Å². The van der Waals surface area contributed by atoms with Crippen LogP contribution in [0.4, 0.5) is 10.3 Å². The van der Waals surface area contributed by atoms with Gasteiger partial charge in [0, 0.05) is 29.8 Å². The molecule has 4 N–H and O–H groups in total. The maximum Gasteiger partial charge on any atom is 0.255 e. The molecule has 0 unspecified atom stereocenters. The second-order valence-electron chi connectivity index (χ2n) is 9.27. The van der Waals surface area contributed by atoms with E-state index in [0.717, 1.165) is 5.56 Å². The van der Waals surface area contributed by atoms with Crippen molar-refractivity contribution >= 4 is 29.4 Å². The summed E-state index contributed by atoms with van der Waals surface area (Å²) >= 11 is 6.35. The highest BCUT2D eigenvalue weighted by Gasteiger charge is 2.35. The third kappa shape index (κ3) is 6.11. The SMILES string of the molecule is COc1cc(F)cc([C@@H](CO)NC(=O)[C@@H](C)N2Cc3ccc(-c4nc(N[C@@H](C)CO)ncc4Cl)cc3C2=O)c1. The molecule has 0 saturated heterocycles. The minimum atomic E-state index is -0.896. The number of carbonyl (C=O) groups excluding carboxylic acids is 2. The van der Waals surface area contributed by atoms with Crippen LogP contribution >= 0.6 is 11.6 Å². The number of benzene rings is 2. The number of aliphatic hydroxyl groups excluding tert-OH is 2. The molecule has 39 heavy (non-hydrogen) atoms. The van der Waals surface area contributed by atoms with Gasteiger partial charge in [0.2, 0.25) is 11.9 Å². The smallest absolute Gasteiger partial charge is 0.255 e. The van der Waals surface area contributed by atoms with Gasteiger partial charge in [-0.3, -0.25) is 9.59 Å². The molecule has 2 aromatic carbocycles. The maximum absolute atomic E-state index is 14.0. The van der Waals surface area contributed by atoms with Crippen LogP contribution in [0.15, 0.2) is 42.6 Å². The molecular weight excluding hydrogens is 529 g/mol. The van der Waals surface area contributed by atoms with Crippen molar-refractivity contribution in [2.45, 2.75) is 38.5 Å². The van der Waals surface area contributed by atoms with Gasteiger partial charge in [-0.25, -0.2) is 14.4 Å². The van der Waals surface area contributed by atoms with E-state index in [1.54, 1.807) is 32.0 Å². The van der Waals surface area contributed by atoms with E-state index in [-0.39, 0.29) is 41.8 Å². The van der Waals surface area contributed by atoms with Gasteiger partial charge in [-0.1, -0.05) is 23.7 Å². The molecule has 1 aromatic heterocycles. The summed E-state index contributed by atoms with van der Waals surface area (Å²) in [5, 5.41) is 25.1. The molecule has 0 spiro atoms. The second-order valence-corrected chi connectivity index (χ2v) is 9.67. The molecule has 0 bridgehead atoms. The average Bonchev–Trinajstić information content (AvgIpc) is 3.27. The van der Waals surface area contributed by atoms with Crippen molar-refractivity contribution < 1.29 is 28.9 Å². The fourth-order valence-corrected chi connectivity index (χ4v) is 4.46. The number of nitrogens with one attached hydrogen (secondary N) is 2. The van der Waals surface area contributed by atoms with Crippen molar-refractivity contribution in [3.8, 4) is 17.0 Å². The van der Waals surface area contributed by atoms with Gasteiger partial charge in [0.15, 0.2) is 0 Å². The van der Waals surface area contributed by atoms with Gasteiger partial charge in [-0.05, 0) is 43.2 Å². The molecule has 10 nitrogen and oxygen atoms in total. The molecule has 1 aliphatic heterocycles. The Kier molecular flexibility index (Phi) is 8.63. The quantitative estimate of drug-likeness (QED) is 0.299. The predicted molar refractivity (Wildman–Crippen MR) is 143 cm³/mol. The fourth-order valence-electron chi connectivity index (χ4n) is 4.26. The predicted octanol–water partition coefficient (Wildman–Crippen LogP) is 2.93. The molecule has 2 amide bonds. The molecule has 0 fully saturated rings.